The number of nitrogens with one attached hydrogen (secondary N) is 1. The van der Waals surface area contributed by atoms with Crippen LogP contribution in [0.1, 0.15) is 78.1 Å². The molecule has 19 heavy (non-hydrogen) atoms. The summed E-state index contributed by atoms with van der Waals surface area (Å²) in [6.45, 7) is 5.45. The van der Waals surface area contributed by atoms with Gasteiger partial charge in [0.2, 0.25) is 0 Å². The van der Waals surface area contributed by atoms with Crippen LogP contribution in [0.2, 0.25) is 0 Å². The molecule has 2 aliphatic carbocycles. The highest BCUT2D eigenvalue weighted by atomic mass is 16.3. The summed E-state index contributed by atoms with van der Waals surface area (Å²) < 4.78 is 0. The van der Waals surface area contributed by atoms with E-state index in [0.29, 0.717) is 6.04 Å². The second kappa shape index (κ2) is 7.08. The molecular weight excluding hydrogens is 234 g/mol. The second-order valence-electron chi connectivity index (χ2n) is 7.27. The molecule has 0 aromatic carbocycles. The van der Waals surface area contributed by atoms with Gasteiger partial charge in [-0.15, -0.1) is 0 Å². The first kappa shape index (κ1) is 15.3. The summed E-state index contributed by atoms with van der Waals surface area (Å²) in [4.78, 5) is 0. The lowest BCUT2D eigenvalue weighted by atomic mass is 9.79. The van der Waals surface area contributed by atoms with E-state index in [1.54, 1.807) is 0 Å². The van der Waals surface area contributed by atoms with Gasteiger partial charge in [-0.2, -0.15) is 0 Å². The van der Waals surface area contributed by atoms with Crippen molar-refractivity contribution in [3.63, 3.8) is 0 Å². The van der Waals surface area contributed by atoms with E-state index in [2.05, 4.69) is 19.2 Å². The van der Waals surface area contributed by atoms with Crippen molar-refractivity contribution in [2.24, 2.45) is 11.8 Å². The molecule has 2 saturated carbocycles. The Labute approximate surface area is 119 Å². The Bertz CT molecular complexity index is 258. The van der Waals surface area contributed by atoms with Crippen LogP contribution in [0.25, 0.3) is 0 Å². The Hall–Kier alpha value is -0.0800. The lowest BCUT2D eigenvalue weighted by Crippen LogP contribution is -2.46. The van der Waals surface area contributed by atoms with E-state index in [-0.39, 0.29) is 0 Å². The Morgan fingerprint density at radius 1 is 1.05 bits per heavy atom. The zero-order valence-corrected chi connectivity index (χ0v) is 13.0. The van der Waals surface area contributed by atoms with Gasteiger partial charge in [-0.1, -0.05) is 33.1 Å². The summed E-state index contributed by atoms with van der Waals surface area (Å²) in [6.07, 6.45) is 12.5. The second-order valence-corrected chi connectivity index (χ2v) is 7.27. The van der Waals surface area contributed by atoms with Gasteiger partial charge in [-0.25, -0.2) is 0 Å². The first-order valence-electron chi connectivity index (χ1n) is 8.57. The summed E-state index contributed by atoms with van der Waals surface area (Å²) in [5, 5.41) is 14.3. The molecule has 2 aliphatic rings. The van der Waals surface area contributed by atoms with E-state index >= 15 is 0 Å². The molecule has 0 amide bonds. The predicted octanol–water partition coefficient (Wildman–Crippen LogP) is 3.88. The summed E-state index contributed by atoms with van der Waals surface area (Å²) in [7, 11) is 0. The van der Waals surface area contributed by atoms with Crippen LogP contribution < -0.4 is 5.32 Å². The molecule has 0 radical (unpaired) electrons. The van der Waals surface area contributed by atoms with Gasteiger partial charge in [-0.3, -0.25) is 0 Å². The normalized spacial score (nSPS) is 40.9. The molecule has 0 aliphatic heterocycles. The fourth-order valence-corrected chi connectivity index (χ4v) is 3.80. The molecule has 0 heterocycles. The molecule has 2 atom stereocenters. The van der Waals surface area contributed by atoms with Crippen LogP contribution in [0.5, 0.6) is 0 Å². The van der Waals surface area contributed by atoms with Gasteiger partial charge < -0.3 is 10.4 Å². The molecule has 2 nitrogen and oxygen atoms in total. The van der Waals surface area contributed by atoms with Crippen LogP contribution in [-0.4, -0.2) is 23.3 Å². The molecule has 0 spiro atoms. The third-order valence-corrected chi connectivity index (χ3v) is 5.59. The van der Waals surface area contributed by atoms with Crippen molar-refractivity contribution in [2.75, 3.05) is 6.54 Å². The van der Waals surface area contributed by atoms with Crippen molar-refractivity contribution < 1.29 is 5.11 Å². The maximum Gasteiger partial charge on any atom is 0.0771 e. The largest absolute Gasteiger partial charge is 0.389 e. The fraction of sp³-hybridized carbons (Fsp3) is 1.00. The average Bonchev–Trinajstić information content (AvgIpc) is 2.65. The average molecular weight is 267 g/mol. The highest BCUT2D eigenvalue weighted by Crippen LogP contribution is 2.32. The number of rotatable bonds is 4. The first-order valence-corrected chi connectivity index (χ1v) is 8.57. The summed E-state index contributed by atoms with van der Waals surface area (Å²) in [5.41, 5.74) is -0.414. The minimum Gasteiger partial charge on any atom is -0.389 e. The molecule has 2 N–H and O–H groups in total. The smallest absolute Gasteiger partial charge is 0.0771 e. The molecule has 2 fully saturated rings. The Morgan fingerprint density at radius 3 is 2.47 bits per heavy atom. The fourth-order valence-electron chi connectivity index (χ4n) is 3.80. The number of aliphatic hydroxyl groups is 1. The van der Waals surface area contributed by atoms with E-state index in [1.807, 2.05) is 0 Å². The number of hydrogen-bond donors (Lipinski definition) is 2. The Morgan fingerprint density at radius 2 is 1.79 bits per heavy atom. The lowest BCUT2D eigenvalue weighted by Gasteiger charge is -2.36. The van der Waals surface area contributed by atoms with E-state index in [4.69, 9.17) is 0 Å². The molecule has 2 rings (SSSR count). The van der Waals surface area contributed by atoms with Crippen LogP contribution in [0.4, 0.5) is 0 Å². The van der Waals surface area contributed by atoms with Crippen molar-refractivity contribution in [1.29, 1.82) is 0 Å². The molecule has 0 bridgehead atoms. The third kappa shape index (κ3) is 4.75. The topological polar surface area (TPSA) is 32.3 Å². The van der Waals surface area contributed by atoms with Crippen molar-refractivity contribution in [1.82, 2.24) is 5.32 Å². The van der Waals surface area contributed by atoms with Gasteiger partial charge in [0.1, 0.15) is 0 Å². The van der Waals surface area contributed by atoms with Crippen LogP contribution in [-0.2, 0) is 0 Å². The lowest BCUT2D eigenvalue weighted by molar-refractivity contribution is -0.00851. The summed E-state index contributed by atoms with van der Waals surface area (Å²) in [6, 6.07) is 0.653. The maximum atomic E-state index is 10.6. The van der Waals surface area contributed by atoms with Gasteiger partial charge in [0.05, 0.1) is 5.60 Å². The number of hydrogen-bond acceptors (Lipinski definition) is 2. The molecule has 2 unspecified atom stereocenters. The molecule has 0 saturated heterocycles. The zero-order chi connectivity index (χ0) is 13.7. The van der Waals surface area contributed by atoms with Gasteiger partial charge in [-0.05, 0) is 56.8 Å². The SMILES string of the molecule is CCC1CCCC(NCC2(O)CCC(C)CC2)CC1. The minimum absolute atomic E-state index is 0.414. The molecule has 112 valence electrons. The Kier molecular flexibility index (Phi) is 5.70. The van der Waals surface area contributed by atoms with Crippen molar-refractivity contribution in [3.05, 3.63) is 0 Å². The first-order chi connectivity index (χ1) is 9.11. The van der Waals surface area contributed by atoms with Crippen LogP contribution in [0.15, 0.2) is 0 Å². The monoisotopic (exact) mass is 267 g/mol. The molecule has 0 aromatic rings. The van der Waals surface area contributed by atoms with Crippen LogP contribution in [0.3, 0.4) is 0 Å². The van der Waals surface area contributed by atoms with Gasteiger partial charge in [0.25, 0.3) is 0 Å². The maximum absolute atomic E-state index is 10.6. The zero-order valence-electron chi connectivity index (χ0n) is 13.0. The van der Waals surface area contributed by atoms with Crippen LogP contribution >= 0.6 is 0 Å². The van der Waals surface area contributed by atoms with E-state index < -0.39 is 5.60 Å². The van der Waals surface area contributed by atoms with E-state index in [1.165, 1.54) is 51.4 Å². The molecule has 0 aromatic heterocycles. The van der Waals surface area contributed by atoms with Gasteiger partial charge in [0.15, 0.2) is 0 Å². The summed E-state index contributed by atoms with van der Waals surface area (Å²) in [5.74, 6) is 1.76. The van der Waals surface area contributed by atoms with E-state index in [9.17, 15) is 5.11 Å². The molecular formula is C17H33NO. The van der Waals surface area contributed by atoms with E-state index in [0.717, 1.165) is 31.2 Å². The molecule has 2 heteroatoms. The highest BCUT2D eigenvalue weighted by molar-refractivity contribution is 4.88. The van der Waals surface area contributed by atoms with Crippen molar-refractivity contribution in [3.8, 4) is 0 Å². The third-order valence-electron chi connectivity index (χ3n) is 5.59. The standard InChI is InChI=1S/C17H33NO/c1-3-15-5-4-6-16(8-7-15)18-13-17(19)11-9-14(2)10-12-17/h14-16,18-19H,3-13H2,1-2H3. The van der Waals surface area contributed by atoms with Crippen molar-refractivity contribution in [2.45, 2.75) is 89.7 Å². The minimum atomic E-state index is -0.414. The highest BCUT2D eigenvalue weighted by Gasteiger charge is 2.32. The van der Waals surface area contributed by atoms with Gasteiger partial charge in [0, 0.05) is 12.6 Å². The van der Waals surface area contributed by atoms with Crippen molar-refractivity contribution >= 4 is 0 Å². The summed E-state index contributed by atoms with van der Waals surface area (Å²) >= 11 is 0. The van der Waals surface area contributed by atoms with Gasteiger partial charge >= 0.3 is 0 Å². The Balaban J connectivity index is 1.72. The van der Waals surface area contributed by atoms with Crippen LogP contribution in [0, 0.1) is 11.8 Å². The quantitative estimate of drug-likeness (QED) is 0.758. The predicted molar refractivity (Wildman–Crippen MR) is 81.2 cm³/mol.